The van der Waals surface area contributed by atoms with Gasteiger partial charge in [-0.3, -0.25) is 0 Å². The third kappa shape index (κ3) is 5.11. The van der Waals surface area contributed by atoms with Crippen molar-refractivity contribution < 1.29 is 39.3 Å². The van der Waals surface area contributed by atoms with Gasteiger partial charge in [0.1, 0.15) is 6.10 Å². The summed E-state index contributed by atoms with van der Waals surface area (Å²) in [5, 5.41) is 45.5. The molecule has 2 heterocycles. The van der Waals surface area contributed by atoms with Crippen molar-refractivity contribution in [1.82, 2.24) is 20.8 Å². The molecule has 1 saturated heterocycles. The highest BCUT2D eigenvalue weighted by atomic mass is 16.5. The van der Waals surface area contributed by atoms with Crippen LogP contribution in [0.3, 0.4) is 0 Å². The predicted molar refractivity (Wildman–Crippen MR) is 82.7 cm³/mol. The van der Waals surface area contributed by atoms with Gasteiger partial charge in [-0.05, 0) is 19.8 Å². The SMILES string of the molecule is CC(O)C(NC(=O)NCc1nc(C2OC(CO)CCC2O)no1)C(=O)O. The molecular formula is C14H22N4O8. The van der Waals surface area contributed by atoms with E-state index in [2.05, 4.69) is 20.8 Å². The Morgan fingerprint density at radius 1 is 1.38 bits per heavy atom. The lowest BCUT2D eigenvalue weighted by Crippen LogP contribution is -2.51. The highest BCUT2D eigenvalue weighted by molar-refractivity contribution is 5.82. The van der Waals surface area contributed by atoms with Gasteiger partial charge in [0.05, 0.1) is 31.5 Å². The Hall–Kier alpha value is -2.28. The zero-order valence-electron chi connectivity index (χ0n) is 14.0. The Kier molecular flexibility index (Phi) is 6.85. The largest absolute Gasteiger partial charge is 0.480 e. The van der Waals surface area contributed by atoms with E-state index in [1.54, 1.807) is 0 Å². The van der Waals surface area contributed by atoms with E-state index in [-0.39, 0.29) is 24.9 Å². The van der Waals surface area contributed by atoms with Gasteiger partial charge in [-0.2, -0.15) is 4.98 Å². The van der Waals surface area contributed by atoms with Crippen LogP contribution in [0.4, 0.5) is 4.79 Å². The lowest BCUT2D eigenvalue weighted by Gasteiger charge is -2.31. The van der Waals surface area contributed by atoms with Gasteiger partial charge in [0.2, 0.25) is 11.7 Å². The number of carbonyl (C=O) groups excluding carboxylic acids is 1. The molecule has 1 aromatic rings. The average Bonchev–Trinajstić information content (AvgIpc) is 3.06. The second-order valence-corrected chi connectivity index (χ2v) is 5.94. The van der Waals surface area contributed by atoms with Crippen LogP contribution < -0.4 is 10.6 Å². The molecule has 146 valence electrons. The monoisotopic (exact) mass is 374 g/mol. The van der Waals surface area contributed by atoms with E-state index in [4.69, 9.17) is 19.5 Å². The molecule has 2 amide bonds. The minimum absolute atomic E-state index is 0.0148. The van der Waals surface area contributed by atoms with E-state index in [1.165, 1.54) is 6.92 Å². The van der Waals surface area contributed by atoms with Gasteiger partial charge in [-0.15, -0.1) is 0 Å². The van der Waals surface area contributed by atoms with Gasteiger partial charge in [0, 0.05) is 0 Å². The molecule has 1 fully saturated rings. The van der Waals surface area contributed by atoms with Gasteiger partial charge < -0.3 is 40.3 Å². The van der Waals surface area contributed by atoms with Crippen LogP contribution in [0.2, 0.25) is 0 Å². The molecular weight excluding hydrogens is 352 g/mol. The maximum absolute atomic E-state index is 11.7. The maximum atomic E-state index is 11.7. The molecule has 1 aliphatic heterocycles. The maximum Gasteiger partial charge on any atom is 0.328 e. The molecule has 2 rings (SSSR count). The number of ether oxygens (including phenoxy) is 1. The Balaban J connectivity index is 1.90. The van der Waals surface area contributed by atoms with Crippen LogP contribution >= 0.6 is 0 Å². The highest BCUT2D eigenvalue weighted by Gasteiger charge is 2.34. The van der Waals surface area contributed by atoms with Crippen molar-refractivity contribution in [2.45, 2.75) is 56.8 Å². The fourth-order valence-corrected chi connectivity index (χ4v) is 2.43. The smallest absolute Gasteiger partial charge is 0.328 e. The molecule has 12 heteroatoms. The molecule has 1 aliphatic rings. The predicted octanol–water partition coefficient (Wildman–Crippen LogP) is -1.72. The van der Waals surface area contributed by atoms with Crippen molar-refractivity contribution >= 4 is 12.0 Å². The summed E-state index contributed by atoms with van der Waals surface area (Å²) in [4.78, 5) is 26.6. The second kappa shape index (κ2) is 8.89. The first-order valence-electron chi connectivity index (χ1n) is 8.04. The van der Waals surface area contributed by atoms with Crippen LogP contribution in [0.25, 0.3) is 0 Å². The highest BCUT2D eigenvalue weighted by Crippen LogP contribution is 2.29. The van der Waals surface area contributed by atoms with Crippen LogP contribution in [0.1, 0.15) is 37.6 Å². The second-order valence-electron chi connectivity index (χ2n) is 5.94. The normalized spacial score (nSPS) is 25.3. The third-order valence-corrected chi connectivity index (χ3v) is 3.85. The fraction of sp³-hybridized carbons (Fsp3) is 0.714. The van der Waals surface area contributed by atoms with E-state index in [0.717, 1.165) is 0 Å². The first kappa shape index (κ1) is 20.0. The molecule has 26 heavy (non-hydrogen) atoms. The Labute approximate surface area is 148 Å². The zero-order valence-corrected chi connectivity index (χ0v) is 14.0. The summed E-state index contributed by atoms with van der Waals surface area (Å²) in [6.45, 7) is 0.847. The number of urea groups is 1. The van der Waals surface area contributed by atoms with Crippen LogP contribution in [0.15, 0.2) is 4.52 Å². The van der Waals surface area contributed by atoms with Gasteiger partial charge >= 0.3 is 12.0 Å². The van der Waals surface area contributed by atoms with Crippen molar-refractivity contribution in [2.75, 3.05) is 6.61 Å². The Morgan fingerprint density at radius 2 is 2.12 bits per heavy atom. The molecule has 0 spiro atoms. The first-order valence-corrected chi connectivity index (χ1v) is 8.04. The number of hydrogen-bond donors (Lipinski definition) is 6. The summed E-state index contributed by atoms with van der Waals surface area (Å²) < 4.78 is 10.5. The number of nitrogens with one attached hydrogen (secondary N) is 2. The van der Waals surface area contributed by atoms with E-state index in [9.17, 15) is 19.8 Å². The van der Waals surface area contributed by atoms with Crippen molar-refractivity contribution in [3.05, 3.63) is 11.7 Å². The van der Waals surface area contributed by atoms with Gasteiger partial charge in [-0.1, -0.05) is 5.16 Å². The Bertz CT molecular complexity index is 622. The van der Waals surface area contributed by atoms with Crippen LogP contribution in [-0.4, -0.2) is 73.5 Å². The summed E-state index contributed by atoms with van der Waals surface area (Å²) in [6.07, 6.45) is -2.48. The van der Waals surface area contributed by atoms with Crippen LogP contribution in [0.5, 0.6) is 0 Å². The molecule has 0 bridgehead atoms. The average molecular weight is 374 g/mol. The van der Waals surface area contributed by atoms with E-state index in [0.29, 0.717) is 12.8 Å². The number of rotatable bonds is 7. The zero-order chi connectivity index (χ0) is 19.3. The van der Waals surface area contributed by atoms with Crippen molar-refractivity contribution in [3.8, 4) is 0 Å². The number of aliphatic hydroxyl groups excluding tert-OH is 3. The fourth-order valence-electron chi connectivity index (χ4n) is 2.43. The minimum atomic E-state index is -1.46. The van der Waals surface area contributed by atoms with Crippen molar-refractivity contribution in [2.24, 2.45) is 0 Å². The van der Waals surface area contributed by atoms with E-state index in [1.807, 2.05) is 0 Å². The molecule has 0 aromatic carbocycles. The lowest BCUT2D eigenvalue weighted by molar-refractivity contribution is -0.141. The number of carboxylic acid groups (broad SMARTS) is 1. The summed E-state index contributed by atoms with van der Waals surface area (Å²) >= 11 is 0. The Morgan fingerprint density at radius 3 is 2.73 bits per heavy atom. The quantitative estimate of drug-likeness (QED) is 0.320. The van der Waals surface area contributed by atoms with Crippen molar-refractivity contribution in [3.63, 3.8) is 0 Å². The number of nitrogens with zero attached hydrogens (tertiary/aromatic N) is 2. The van der Waals surface area contributed by atoms with E-state index < -0.39 is 42.5 Å². The number of carboxylic acids is 1. The number of aliphatic carboxylic acids is 1. The molecule has 5 unspecified atom stereocenters. The summed E-state index contributed by atoms with van der Waals surface area (Å²) in [5.74, 6) is -1.28. The third-order valence-electron chi connectivity index (χ3n) is 3.85. The molecule has 5 atom stereocenters. The van der Waals surface area contributed by atoms with Gasteiger partial charge in [0.15, 0.2) is 6.04 Å². The van der Waals surface area contributed by atoms with Crippen LogP contribution in [0, 0.1) is 0 Å². The molecule has 0 aliphatic carbocycles. The molecule has 1 aromatic heterocycles. The summed E-state index contributed by atoms with van der Waals surface area (Å²) in [5.41, 5.74) is 0. The van der Waals surface area contributed by atoms with Crippen molar-refractivity contribution in [1.29, 1.82) is 0 Å². The molecule has 0 saturated carbocycles. The summed E-state index contributed by atoms with van der Waals surface area (Å²) in [6, 6.07) is -2.30. The number of aromatic nitrogens is 2. The standard InChI is InChI=1S/C14H22N4O8/c1-6(20)10(13(22)23)17-14(24)15-4-9-16-12(18-26-9)11-8(21)3-2-7(5-19)25-11/h6-8,10-11,19-21H,2-5H2,1H3,(H,22,23)(H2,15,17,24). The first-order chi connectivity index (χ1) is 12.3. The van der Waals surface area contributed by atoms with Gasteiger partial charge in [-0.25, -0.2) is 9.59 Å². The lowest BCUT2D eigenvalue weighted by atomic mass is 10.0. The minimum Gasteiger partial charge on any atom is -0.480 e. The number of amides is 2. The topological polar surface area (TPSA) is 187 Å². The van der Waals surface area contributed by atoms with E-state index >= 15 is 0 Å². The number of aliphatic hydroxyl groups is 3. The number of carbonyl (C=O) groups is 2. The number of hydrogen-bond acceptors (Lipinski definition) is 9. The molecule has 6 N–H and O–H groups in total. The summed E-state index contributed by atoms with van der Waals surface area (Å²) in [7, 11) is 0. The molecule has 0 radical (unpaired) electrons. The van der Waals surface area contributed by atoms with Crippen LogP contribution in [-0.2, 0) is 16.1 Å². The van der Waals surface area contributed by atoms with Gasteiger partial charge in [0.25, 0.3) is 0 Å². The molecule has 12 nitrogen and oxygen atoms in total.